The fourth-order valence-electron chi connectivity index (χ4n) is 1.30. The van der Waals surface area contributed by atoms with Gasteiger partial charge in [-0.1, -0.05) is 6.08 Å². The molecule has 0 bridgehead atoms. The highest BCUT2D eigenvalue weighted by Crippen LogP contribution is 1.96. The number of hydrogen-bond acceptors (Lipinski definition) is 3. The van der Waals surface area contributed by atoms with Crippen molar-refractivity contribution in [2.75, 3.05) is 26.2 Å². The number of carbonyl (C=O) groups is 2. The van der Waals surface area contributed by atoms with Crippen molar-refractivity contribution < 1.29 is 14.7 Å². The first-order valence-corrected chi connectivity index (χ1v) is 4.57. The average Bonchev–Trinajstić information content (AvgIpc) is 2.30. The molecule has 1 amide bonds. The second kappa shape index (κ2) is 5.39. The van der Waals surface area contributed by atoms with Crippen molar-refractivity contribution in [1.82, 2.24) is 10.2 Å². The Labute approximate surface area is 82.4 Å². The van der Waals surface area contributed by atoms with Crippen molar-refractivity contribution in [3.05, 3.63) is 12.2 Å². The summed E-state index contributed by atoms with van der Waals surface area (Å²) in [5, 5.41) is 11.1. The van der Waals surface area contributed by atoms with Crippen LogP contribution in [0.25, 0.3) is 0 Å². The van der Waals surface area contributed by atoms with E-state index in [2.05, 4.69) is 5.32 Å². The molecule has 0 aromatic rings. The highest BCUT2D eigenvalue weighted by atomic mass is 16.4. The minimum atomic E-state index is -0.936. The lowest BCUT2D eigenvalue weighted by atomic mass is 10.3. The molecule has 0 aromatic carbocycles. The molecule has 0 unspecified atom stereocenters. The minimum absolute atomic E-state index is 0.0646. The molecule has 0 aromatic heterocycles. The van der Waals surface area contributed by atoms with E-state index in [1.54, 1.807) is 6.08 Å². The Balaban J connectivity index is 2.30. The molecule has 1 heterocycles. The molecule has 1 aliphatic heterocycles. The maximum Gasteiger partial charge on any atom is 0.328 e. The predicted molar refractivity (Wildman–Crippen MR) is 50.8 cm³/mol. The van der Waals surface area contributed by atoms with E-state index in [0.717, 1.165) is 12.6 Å². The van der Waals surface area contributed by atoms with Gasteiger partial charge in [-0.2, -0.15) is 0 Å². The summed E-state index contributed by atoms with van der Waals surface area (Å²) in [5.41, 5.74) is 0. The number of carboxylic acids is 1. The fourth-order valence-corrected chi connectivity index (χ4v) is 1.30. The van der Waals surface area contributed by atoms with E-state index in [9.17, 15) is 9.59 Å². The monoisotopic (exact) mass is 198 g/mol. The van der Waals surface area contributed by atoms with Crippen LogP contribution in [0, 0.1) is 0 Å². The van der Waals surface area contributed by atoms with E-state index < -0.39 is 5.97 Å². The molecule has 2 N–H and O–H groups in total. The highest BCUT2D eigenvalue weighted by molar-refractivity contribution is 5.79. The molecule has 0 saturated carbocycles. The molecule has 1 fully saturated rings. The summed E-state index contributed by atoms with van der Waals surface area (Å²) in [4.78, 5) is 23.2. The van der Waals surface area contributed by atoms with Crippen molar-refractivity contribution in [3.8, 4) is 0 Å². The molecule has 0 atom stereocenters. The lowest BCUT2D eigenvalue weighted by molar-refractivity contribution is -0.131. The molecule has 0 spiro atoms. The molecule has 5 nitrogen and oxygen atoms in total. The first kappa shape index (κ1) is 10.7. The number of aliphatic carboxylic acids is 1. The SMILES string of the molecule is O=C(O)C=CCN1CCNC(=O)CC1. The number of carboxylic acid groups (broad SMARTS) is 1. The molecule has 1 rings (SSSR count). The quantitative estimate of drug-likeness (QED) is 0.597. The van der Waals surface area contributed by atoms with Crippen molar-refractivity contribution >= 4 is 11.9 Å². The zero-order valence-corrected chi connectivity index (χ0v) is 7.90. The minimum Gasteiger partial charge on any atom is -0.478 e. The van der Waals surface area contributed by atoms with E-state index in [0.29, 0.717) is 26.1 Å². The molecule has 1 saturated heterocycles. The smallest absolute Gasteiger partial charge is 0.328 e. The van der Waals surface area contributed by atoms with Crippen LogP contribution >= 0.6 is 0 Å². The van der Waals surface area contributed by atoms with E-state index in [-0.39, 0.29) is 5.91 Å². The van der Waals surface area contributed by atoms with Crippen LogP contribution in [0.1, 0.15) is 6.42 Å². The summed E-state index contributed by atoms with van der Waals surface area (Å²) >= 11 is 0. The van der Waals surface area contributed by atoms with Crippen LogP contribution < -0.4 is 5.32 Å². The van der Waals surface area contributed by atoms with E-state index in [4.69, 9.17) is 5.11 Å². The summed E-state index contributed by atoms with van der Waals surface area (Å²) in [7, 11) is 0. The Morgan fingerprint density at radius 1 is 1.57 bits per heavy atom. The molecule has 1 aliphatic rings. The summed E-state index contributed by atoms with van der Waals surface area (Å²) in [6, 6.07) is 0. The van der Waals surface area contributed by atoms with Gasteiger partial charge in [-0.3, -0.25) is 9.69 Å². The maximum atomic E-state index is 11.0. The number of amides is 1. The van der Waals surface area contributed by atoms with Crippen LogP contribution in [-0.4, -0.2) is 48.1 Å². The summed E-state index contributed by atoms with van der Waals surface area (Å²) in [5.74, 6) is -0.872. The second-order valence-electron chi connectivity index (χ2n) is 3.14. The van der Waals surface area contributed by atoms with Gasteiger partial charge in [-0.15, -0.1) is 0 Å². The van der Waals surface area contributed by atoms with Gasteiger partial charge in [0, 0.05) is 38.7 Å². The predicted octanol–water partition coefficient (Wildman–Crippen LogP) is -0.551. The molecule has 5 heteroatoms. The fraction of sp³-hybridized carbons (Fsp3) is 0.556. The van der Waals surface area contributed by atoms with Gasteiger partial charge in [0.15, 0.2) is 0 Å². The number of nitrogens with zero attached hydrogens (tertiary/aromatic N) is 1. The van der Waals surface area contributed by atoms with E-state index >= 15 is 0 Å². The highest BCUT2D eigenvalue weighted by Gasteiger charge is 2.11. The normalized spacial score (nSPS) is 19.3. The third kappa shape index (κ3) is 4.04. The molecular formula is C9H14N2O3. The Kier molecular flexibility index (Phi) is 4.12. The van der Waals surface area contributed by atoms with Crippen molar-refractivity contribution in [2.45, 2.75) is 6.42 Å². The molecule has 78 valence electrons. The summed E-state index contributed by atoms with van der Waals surface area (Å²) < 4.78 is 0. The second-order valence-corrected chi connectivity index (χ2v) is 3.14. The van der Waals surface area contributed by atoms with Gasteiger partial charge in [0.25, 0.3) is 0 Å². The van der Waals surface area contributed by atoms with Crippen molar-refractivity contribution in [3.63, 3.8) is 0 Å². The van der Waals surface area contributed by atoms with Gasteiger partial charge in [0.1, 0.15) is 0 Å². The molecule has 14 heavy (non-hydrogen) atoms. The van der Waals surface area contributed by atoms with Crippen LogP contribution in [0.15, 0.2) is 12.2 Å². The van der Waals surface area contributed by atoms with Gasteiger partial charge < -0.3 is 10.4 Å². The molecule has 0 radical (unpaired) electrons. The standard InChI is InChI=1S/C9H14N2O3/c12-8-3-6-11(7-4-10-8)5-1-2-9(13)14/h1-2H,3-7H2,(H,10,12)(H,13,14). The van der Waals surface area contributed by atoms with Crippen LogP contribution in [0.3, 0.4) is 0 Å². The third-order valence-electron chi connectivity index (χ3n) is 2.03. The molecule has 0 aliphatic carbocycles. The van der Waals surface area contributed by atoms with E-state index in [1.807, 2.05) is 4.90 Å². The average molecular weight is 198 g/mol. The number of hydrogen-bond donors (Lipinski definition) is 2. The Morgan fingerprint density at radius 3 is 3.07 bits per heavy atom. The first-order valence-electron chi connectivity index (χ1n) is 4.57. The molecular weight excluding hydrogens is 184 g/mol. The van der Waals surface area contributed by atoms with Crippen molar-refractivity contribution in [2.24, 2.45) is 0 Å². The maximum absolute atomic E-state index is 11.0. The van der Waals surface area contributed by atoms with Gasteiger partial charge in [-0.05, 0) is 0 Å². The van der Waals surface area contributed by atoms with Gasteiger partial charge in [0.05, 0.1) is 0 Å². The number of rotatable bonds is 3. The van der Waals surface area contributed by atoms with Gasteiger partial charge >= 0.3 is 5.97 Å². The zero-order valence-electron chi connectivity index (χ0n) is 7.90. The summed E-state index contributed by atoms with van der Waals surface area (Å²) in [6.45, 7) is 2.69. The number of nitrogens with one attached hydrogen (secondary N) is 1. The van der Waals surface area contributed by atoms with Crippen LogP contribution in [-0.2, 0) is 9.59 Å². The largest absolute Gasteiger partial charge is 0.478 e. The topological polar surface area (TPSA) is 69.6 Å². The first-order chi connectivity index (χ1) is 6.68. The van der Waals surface area contributed by atoms with Crippen LogP contribution in [0.5, 0.6) is 0 Å². The summed E-state index contributed by atoms with van der Waals surface area (Å²) in [6.07, 6.45) is 3.21. The Morgan fingerprint density at radius 2 is 2.36 bits per heavy atom. The Hall–Kier alpha value is -1.36. The van der Waals surface area contributed by atoms with Crippen LogP contribution in [0.4, 0.5) is 0 Å². The zero-order chi connectivity index (χ0) is 10.4. The van der Waals surface area contributed by atoms with Crippen LogP contribution in [0.2, 0.25) is 0 Å². The number of carbonyl (C=O) groups excluding carboxylic acids is 1. The van der Waals surface area contributed by atoms with Gasteiger partial charge in [0.2, 0.25) is 5.91 Å². The van der Waals surface area contributed by atoms with Crippen molar-refractivity contribution in [1.29, 1.82) is 0 Å². The van der Waals surface area contributed by atoms with E-state index in [1.165, 1.54) is 0 Å². The Bertz CT molecular complexity index is 250. The van der Waals surface area contributed by atoms with Gasteiger partial charge in [-0.25, -0.2) is 4.79 Å². The third-order valence-corrected chi connectivity index (χ3v) is 2.03. The lowest BCUT2D eigenvalue weighted by Gasteiger charge is -2.15. The lowest BCUT2D eigenvalue weighted by Crippen LogP contribution is -2.28.